The largest absolute Gasteiger partial charge is 0.330 e. The molecule has 0 atom stereocenters. The number of halogens is 3. The van der Waals surface area contributed by atoms with Crippen molar-refractivity contribution in [2.75, 3.05) is 13.1 Å². The molecular weight excluding hydrogens is 374 g/mol. The molecule has 1 aromatic carbocycles. The normalized spacial score (nSPS) is 11.7. The number of nitrogens with two attached hydrogens (primary N) is 1. The Bertz CT molecular complexity index is 741. The van der Waals surface area contributed by atoms with Crippen LogP contribution in [0.5, 0.6) is 0 Å². The van der Waals surface area contributed by atoms with E-state index in [2.05, 4.69) is 5.10 Å². The lowest BCUT2D eigenvalue weighted by atomic mass is 10.2. The SMILES string of the molecule is Cl.NCCCN(Cc1ccccc1)S(=O)(=O)c1cnn(CC(F)F)c1. The number of hydrogen-bond acceptors (Lipinski definition) is 4. The van der Waals surface area contributed by atoms with Gasteiger partial charge in [0.2, 0.25) is 10.0 Å². The summed E-state index contributed by atoms with van der Waals surface area (Å²) in [5, 5.41) is 3.70. The molecule has 2 N–H and O–H groups in total. The topological polar surface area (TPSA) is 81.2 Å². The van der Waals surface area contributed by atoms with E-state index in [9.17, 15) is 17.2 Å². The Morgan fingerprint density at radius 2 is 1.92 bits per heavy atom. The summed E-state index contributed by atoms with van der Waals surface area (Å²) in [6.07, 6.45) is 0.121. The van der Waals surface area contributed by atoms with Gasteiger partial charge in [-0.05, 0) is 18.5 Å². The molecule has 0 amide bonds. The highest BCUT2D eigenvalue weighted by atomic mass is 35.5. The predicted molar refractivity (Wildman–Crippen MR) is 93.2 cm³/mol. The van der Waals surface area contributed by atoms with Crippen LogP contribution in [0.2, 0.25) is 0 Å². The maximum atomic E-state index is 12.8. The number of aromatic nitrogens is 2. The van der Waals surface area contributed by atoms with Gasteiger partial charge in [0.05, 0.1) is 6.20 Å². The first-order valence-electron chi connectivity index (χ1n) is 7.48. The summed E-state index contributed by atoms with van der Waals surface area (Å²) >= 11 is 0. The smallest absolute Gasteiger partial charge is 0.257 e. The number of sulfonamides is 1. The fourth-order valence-electron chi connectivity index (χ4n) is 2.21. The second-order valence-corrected chi connectivity index (χ2v) is 7.19. The van der Waals surface area contributed by atoms with Crippen LogP contribution in [0.3, 0.4) is 0 Å². The fourth-order valence-corrected chi connectivity index (χ4v) is 3.63. The lowest BCUT2D eigenvalue weighted by molar-refractivity contribution is 0.121. The van der Waals surface area contributed by atoms with Gasteiger partial charge in [-0.3, -0.25) is 4.68 Å². The first kappa shape index (κ1) is 21.5. The Morgan fingerprint density at radius 1 is 1.24 bits per heavy atom. The zero-order chi connectivity index (χ0) is 17.6. The standard InChI is InChI=1S/C15H20F2N4O2S.ClH/c16-15(17)12-20-11-14(9-19-20)24(22,23)21(8-4-7-18)10-13-5-2-1-3-6-13;/h1-3,5-6,9,11,15H,4,7-8,10,12,18H2;1H. The third-order valence-electron chi connectivity index (χ3n) is 3.39. The number of nitrogens with zero attached hydrogens (tertiary/aromatic N) is 3. The summed E-state index contributed by atoms with van der Waals surface area (Å²) in [6, 6.07) is 9.14. The van der Waals surface area contributed by atoms with Crippen LogP contribution in [-0.2, 0) is 23.1 Å². The van der Waals surface area contributed by atoms with E-state index < -0.39 is 23.0 Å². The van der Waals surface area contributed by atoms with Crippen molar-refractivity contribution in [2.24, 2.45) is 5.73 Å². The molecule has 0 fully saturated rings. The van der Waals surface area contributed by atoms with Crippen LogP contribution in [0.15, 0.2) is 47.6 Å². The molecule has 2 aromatic rings. The molecule has 0 saturated heterocycles. The van der Waals surface area contributed by atoms with Crippen LogP contribution in [-0.4, -0.2) is 42.0 Å². The van der Waals surface area contributed by atoms with E-state index in [0.29, 0.717) is 13.0 Å². The van der Waals surface area contributed by atoms with Crippen LogP contribution < -0.4 is 5.73 Å². The van der Waals surface area contributed by atoms with Crippen molar-refractivity contribution in [3.05, 3.63) is 48.3 Å². The van der Waals surface area contributed by atoms with Crippen molar-refractivity contribution in [3.8, 4) is 0 Å². The molecule has 6 nitrogen and oxygen atoms in total. The molecule has 0 saturated carbocycles. The average Bonchev–Trinajstić information content (AvgIpc) is 3.00. The van der Waals surface area contributed by atoms with E-state index in [1.807, 2.05) is 30.3 Å². The Kier molecular flexibility index (Phi) is 8.43. The van der Waals surface area contributed by atoms with Gasteiger partial charge in [-0.2, -0.15) is 9.40 Å². The summed E-state index contributed by atoms with van der Waals surface area (Å²) < 4.78 is 52.6. The van der Waals surface area contributed by atoms with Crippen LogP contribution >= 0.6 is 12.4 Å². The van der Waals surface area contributed by atoms with Crippen molar-refractivity contribution in [1.82, 2.24) is 14.1 Å². The van der Waals surface area contributed by atoms with Crippen LogP contribution in [0.25, 0.3) is 0 Å². The van der Waals surface area contributed by atoms with Crippen molar-refractivity contribution in [2.45, 2.75) is 30.8 Å². The number of alkyl halides is 2. The van der Waals surface area contributed by atoms with Gasteiger partial charge in [0.25, 0.3) is 6.43 Å². The van der Waals surface area contributed by atoms with Gasteiger partial charge >= 0.3 is 0 Å². The molecule has 1 heterocycles. The van der Waals surface area contributed by atoms with Crippen molar-refractivity contribution < 1.29 is 17.2 Å². The molecule has 0 unspecified atom stereocenters. The Morgan fingerprint density at radius 3 is 2.52 bits per heavy atom. The van der Waals surface area contributed by atoms with E-state index >= 15 is 0 Å². The van der Waals surface area contributed by atoms with E-state index in [4.69, 9.17) is 5.73 Å². The minimum atomic E-state index is -3.84. The highest BCUT2D eigenvalue weighted by molar-refractivity contribution is 7.89. The van der Waals surface area contributed by atoms with E-state index in [0.717, 1.165) is 22.6 Å². The predicted octanol–water partition coefficient (Wildman–Crippen LogP) is 2.11. The van der Waals surface area contributed by atoms with Gasteiger partial charge in [0, 0.05) is 19.3 Å². The van der Waals surface area contributed by atoms with Gasteiger partial charge in [-0.1, -0.05) is 30.3 Å². The summed E-state index contributed by atoms with van der Waals surface area (Å²) in [5.74, 6) is 0. The molecule has 140 valence electrons. The van der Waals surface area contributed by atoms with Crippen LogP contribution in [0.1, 0.15) is 12.0 Å². The second-order valence-electron chi connectivity index (χ2n) is 5.26. The monoisotopic (exact) mass is 394 g/mol. The molecule has 0 bridgehead atoms. The third-order valence-corrected chi connectivity index (χ3v) is 5.18. The van der Waals surface area contributed by atoms with Crippen LogP contribution in [0, 0.1) is 0 Å². The first-order chi connectivity index (χ1) is 11.4. The van der Waals surface area contributed by atoms with Gasteiger partial charge < -0.3 is 5.73 Å². The van der Waals surface area contributed by atoms with Gasteiger partial charge in [-0.25, -0.2) is 17.2 Å². The minimum absolute atomic E-state index is 0. The average molecular weight is 395 g/mol. The Hall–Kier alpha value is -1.55. The van der Waals surface area contributed by atoms with Crippen molar-refractivity contribution >= 4 is 22.4 Å². The zero-order valence-electron chi connectivity index (χ0n) is 13.5. The molecule has 0 aliphatic carbocycles. The molecule has 1 aromatic heterocycles. The molecular formula is C15H21ClF2N4O2S. The van der Waals surface area contributed by atoms with Crippen molar-refractivity contribution in [3.63, 3.8) is 0 Å². The first-order valence-corrected chi connectivity index (χ1v) is 8.92. The molecule has 0 spiro atoms. The molecule has 25 heavy (non-hydrogen) atoms. The highest BCUT2D eigenvalue weighted by Crippen LogP contribution is 2.18. The van der Waals surface area contributed by atoms with Crippen LogP contribution in [0.4, 0.5) is 8.78 Å². The van der Waals surface area contributed by atoms with E-state index in [1.54, 1.807) is 0 Å². The molecule has 2 rings (SSSR count). The summed E-state index contributed by atoms with van der Waals surface area (Å²) in [4.78, 5) is -0.101. The zero-order valence-corrected chi connectivity index (χ0v) is 15.1. The number of hydrogen-bond donors (Lipinski definition) is 1. The fraction of sp³-hybridized carbons (Fsp3) is 0.400. The van der Waals surface area contributed by atoms with E-state index in [1.165, 1.54) is 4.31 Å². The Balaban J connectivity index is 0.00000312. The Labute approximate surface area is 152 Å². The molecule has 10 heteroatoms. The molecule has 0 aliphatic rings. The quantitative estimate of drug-likeness (QED) is 0.706. The third kappa shape index (κ3) is 6.03. The van der Waals surface area contributed by atoms with Crippen molar-refractivity contribution in [1.29, 1.82) is 0 Å². The summed E-state index contributed by atoms with van der Waals surface area (Å²) in [5.41, 5.74) is 6.32. The maximum Gasteiger partial charge on any atom is 0.257 e. The maximum absolute atomic E-state index is 12.8. The van der Waals surface area contributed by atoms with E-state index in [-0.39, 0.29) is 30.4 Å². The lowest BCUT2D eigenvalue weighted by Gasteiger charge is -2.21. The van der Waals surface area contributed by atoms with Gasteiger partial charge in [0.15, 0.2) is 0 Å². The second kappa shape index (κ2) is 9.81. The minimum Gasteiger partial charge on any atom is -0.330 e. The molecule has 0 aliphatic heterocycles. The highest BCUT2D eigenvalue weighted by Gasteiger charge is 2.26. The molecule has 0 radical (unpaired) electrons. The number of benzene rings is 1. The van der Waals surface area contributed by atoms with Gasteiger partial charge in [-0.15, -0.1) is 12.4 Å². The summed E-state index contributed by atoms with van der Waals surface area (Å²) in [6.45, 7) is 0.138. The van der Waals surface area contributed by atoms with Gasteiger partial charge in [0.1, 0.15) is 11.4 Å². The lowest BCUT2D eigenvalue weighted by Crippen LogP contribution is -2.32. The summed E-state index contributed by atoms with van der Waals surface area (Å²) in [7, 11) is -3.84. The number of rotatable bonds is 9.